The van der Waals surface area contributed by atoms with E-state index >= 15 is 0 Å². The van der Waals surface area contributed by atoms with E-state index in [-0.39, 0.29) is 11.3 Å². The van der Waals surface area contributed by atoms with Crippen molar-refractivity contribution in [3.05, 3.63) is 71.5 Å². The van der Waals surface area contributed by atoms with Crippen LogP contribution < -0.4 is 0 Å². The highest BCUT2D eigenvalue weighted by atomic mass is 19.1. The lowest BCUT2D eigenvalue weighted by Crippen LogP contribution is -2.24. The smallest absolute Gasteiger partial charge is 0.338 e. The summed E-state index contributed by atoms with van der Waals surface area (Å²) in [6.07, 6.45) is -0.923. The minimum Gasteiger partial charge on any atom is -0.451 e. The Morgan fingerprint density at radius 3 is 2.30 bits per heavy atom. The second-order valence-electron chi connectivity index (χ2n) is 4.29. The molecular formula is C16H13FO3. The van der Waals surface area contributed by atoms with Gasteiger partial charge in [0, 0.05) is 5.56 Å². The topological polar surface area (TPSA) is 43.4 Å². The molecule has 0 aliphatic heterocycles. The summed E-state index contributed by atoms with van der Waals surface area (Å²) in [6.45, 7) is 1.49. The van der Waals surface area contributed by atoms with Crippen LogP contribution in [0.4, 0.5) is 4.39 Å². The van der Waals surface area contributed by atoms with Crippen molar-refractivity contribution in [3.63, 3.8) is 0 Å². The van der Waals surface area contributed by atoms with Gasteiger partial charge in [0.05, 0.1) is 5.56 Å². The van der Waals surface area contributed by atoms with Crippen LogP contribution in [0.3, 0.4) is 0 Å². The van der Waals surface area contributed by atoms with Gasteiger partial charge in [0.15, 0.2) is 6.10 Å². The number of hydrogen-bond acceptors (Lipinski definition) is 3. The largest absolute Gasteiger partial charge is 0.451 e. The molecule has 0 saturated heterocycles. The molecule has 2 rings (SSSR count). The standard InChI is InChI=1S/C16H13FO3/c1-11(15(18)12-6-3-2-4-7-12)20-16(19)13-8-5-9-14(17)10-13/h2-11H,1H3. The number of hydrogen-bond donors (Lipinski definition) is 0. The van der Waals surface area contributed by atoms with Gasteiger partial charge < -0.3 is 4.74 Å². The van der Waals surface area contributed by atoms with Gasteiger partial charge in [0.1, 0.15) is 5.82 Å². The van der Waals surface area contributed by atoms with Crippen LogP contribution in [-0.2, 0) is 4.74 Å². The highest BCUT2D eigenvalue weighted by molar-refractivity contribution is 6.01. The number of Topliss-reactive ketones (excluding diaryl/α,β-unsaturated/α-hetero) is 1. The first kappa shape index (κ1) is 13.9. The van der Waals surface area contributed by atoms with Crippen LogP contribution in [0, 0.1) is 5.82 Å². The highest BCUT2D eigenvalue weighted by Gasteiger charge is 2.20. The molecule has 0 fully saturated rings. The van der Waals surface area contributed by atoms with Crippen molar-refractivity contribution in [2.24, 2.45) is 0 Å². The molecule has 0 N–H and O–H groups in total. The fraction of sp³-hybridized carbons (Fsp3) is 0.125. The Morgan fingerprint density at radius 1 is 1.00 bits per heavy atom. The Hall–Kier alpha value is -2.49. The van der Waals surface area contributed by atoms with Crippen molar-refractivity contribution in [1.82, 2.24) is 0 Å². The molecule has 0 radical (unpaired) electrons. The van der Waals surface area contributed by atoms with Gasteiger partial charge in [0.2, 0.25) is 5.78 Å². The van der Waals surface area contributed by atoms with Crippen LogP contribution in [0.25, 0.3) is 0 Å². The zero-order chi connectivity index (χ0) is 14.5. The van der Waals surface area contributed by atoms with E-state index in [0.29, 0.717) is 5.56 Å². The molecule has 0 aromatic heterocycles. The third kappa shape index (κ3) is 3.29. The number of ether oxygens (including phenoxy) is 1. The van der Waals surface area contributed by atoms with Crippen molar-refractivity contribution in [2.75, 3.05) is 0 Å². The van der Waals surface area contributed by atoms with Gasteiger partial charge in [-0.1, -0.05) is 36.4 Å². The minimum atomic E-state index is -0.923. The number of benzene rings is 2. The molecule has 0 aliphatic rings. The van der Waals surface area contributed by atoms with Crippen LogP contribution in [0.1, 0.15) is 27.6 Å². The summed E-state index contributed by atoms with van der Waals surface area (Å²) in [5, 5.41) is 0. The minimum absolute atomic E-state index is 0.0812. The summed E-state index contributed by atoms with van der Waals surface area (Å²) in [7, 11) is 0. The first-order valence-corrected chi connectivity index (χ1v) is 6.14. The molecule has 20 heavy (non-hydrogen) atoms. The number of esters is 1. The average molecular weight is 272 g/mol. The Morgan fingerprint density at radius 2 is 1.65 bits per heavy atom. The molecule has 0 saturated carbocycles. The molecular weight excluding hydrogens is 259 g/mol. The van der Waals surface area contributed by atoms with Crippen LogP contribution in [0.2, 0.25) is 0 Å². The summed E-state index contributed by atoms with van der Waals surface area (Å²) in [5.74, 6) is -1.54. The lowest BCUT2D eigenvalue weighted by molar-refractivity contribution is 0.0318. The number of carbonyl (C=O) groups excluding carboxylic acids is 2. The van der Waals surface area contributed by atoms with Crippen molar-refractivity contribution < 1.29 is 18.7 Å². The van der Waals surface area contributed by atoms with E-state index in [2.05, 4.69) is 0 Å². The van der Waals surface area contributed by atoms with Crippen LogP contribution in [-0.4, -0.2) is 17.9 Å². The molecule has 0 spiro atoms. The Labute approximate surface area is 116 Å². The summed E-state index contributed by atoms with van der Waals surface area (Å²) in [6, 6.07) is 13.7. The molecule has 0 bridgehead atoms. The predicted octanol–water partition coefficient (Wildman–Crippen LogP) is 3.25. The Kier molecular flexibility index (Phi) is 4.25. The third-order valence-corrected chi connectivity index (χ3v) is 2.77. The molecule has 2 aromatic rings. The van der Waals surface area contributed by atoms with E-state index in [9.17, 15) is 14.0 Å². The number of ketones is 1. The summed E-state index contributed by atoms with van der Waals surface area (Å²) < 4.78 is 18.1. The number of halogens is 1. The van der Waals surface area contributed by atoms with Gasteiger partial charge >= 0.3 is 5.97 Å². The van der Waals surface area contributed by atoms with E-state index < -0.39 is 17.9 Å². The van der Waals surface area contributed by atoms with Gasteiger partial charge in [-0.05, 0) is 25.1 Å². The van der Waals surface area contributed by atoms with E-state index in [1.54, 1.807) is 30.3 Å². The second kappa shape index (κ2) is 6.10. The molecule has 102 valence electrons. The fourth-order valence-electron chi connectivity index (χ4n) is 1.73. The lowest BCUT2D eigenvalue weighted by atomic mass is 10.1. The summed E-state index contributed by atoms with van der Waals surface area (Å²) in [4.78, 5) is 23.8. The predicted molar refractivity (Wildman–Crippen MR) is 72.1 cm³/mol. The van der Waals surface area contributed by atoms with Gasteiger partial charge in [-0.3, -0.25) is 4.79 Å². The lowest BCUT2D eigenvalue weighted by Gasteiger charge is -2.12. The first-order chi connectivity index (χ1) is 9.58. The Bertz CT molecular complexity index is 623. The fourth-order valence-corrected chi connectivity index (χ4v) is 1.73. The van der Waals surface area contributed by atoms with Gasteiger partial charge in [-0.25, -0.2) is 9.18 Å². The third-order valence-electron chi connectivity index (χ3n) is 2.77. The van der Waals surface area contributed by atoms with Crippen LogP contribution in [0.15, 0.2) is 54.6 Å². The maximum absolute atomic E-state index is 13.0. The molecule has 1 unspecified atom stereocenters. The van der Waals surface area contributed by atoms with Crippen molar-refractivity contribution in [2.45, 2.75) is 13.0 Å². The first-order valence-electron chi connectivity index (χ1n) is 6.14. The van der Waals surface area contributed by atoms with Crippen LogP contribution in [0.5, 0.6) is 0 Å². The van der Waals surface area contributed by atoms with Crippen LogP contribution >= 0.6 is 0 Å². The van der Waals surface area contributed by atoms with Gasteiger partial charge in [-0.15, -0.1) is 0 Å². The maximum Gasteiger partial charge on any atom is 0.338 e. The summed E-state index contributed by atoms with van der Waals surface area (Å²) >= 11 is 0. The molecule has 0 heterocycles. The van der Waals surface area contributed by atoms with E-state index in [4.69, 9.17) is 4.74 Å². The van der Waals surface area contributed by atoms with Crippen molar-refractivity contribution in [1.29, 1.82) is 0 Å². The Balaban J connectivity index is 2.06. The quantitative estimate of drug-likeness (QED) is 0.634. The summed E-state index contributed by atoms with van der Waals surface area (Å²) in [5.41, 5.74) is 0.546. The monoisotopic (exact) mass is 272 g/mol. The van der Waals surface area contributed by atoms with E-state index in [0.717, 1.165) is 6.07 Å². The van der Waals surface area contributed by atoms with Gasteiger partial charge in [0.25, 0.3) is 0 Å². The normalized spacial score (nSPS) is 11.7. The second-order valence-corrected chi connectivity index (χ2v) is 4.29. The molecule has 0 aliphatic carbocycles. The molecule has 1 atom stereocenters. The van der Waals surface area contributed by atoms with Crippen molar-refractivity contribution >= 4 is 11.8 Å². The van der Waals surface area contributed by atoms with Gasteiger partial charge in [-0.2, -0.15) is 0 Å². The van der Waals surface area contributed by atoms with Crippen molar-refractivity contribution in [3.8, 4) is 0 Å². The highest BCUT2D eigenvalue weighted by Crippen LogP contribution is 2.10. The molecule has 2 aromatic carbocycles. The molecule has 3 nitrogen and oxygen atoms in total. The van der Waals surface area contributed by atoms with E-state index in [1.165, 1.54) is 25.1 Å². The zero-order valence-electron chi connectivity index (χ0n) is 10.9. The van der Waals surface area contributed by atoms with E-state index in [1.807, 2.05) is 0 Å². The number of carbonyl (C=O) groups is 2. The maximum atomic E-state index is 13.0. The SMILES string of the molecule is CC(OC(=O)c1cccc(F)c1)C(=O)c1ccccc1. The number of rotatable bonds is 4. The zero-order valence-corrected chi connectivity index (χ0v) is 10.9. The molecule has 0 amide bonds. The average Bonchev–Trinajstić information content (AvgIpc) is 2.47. The molecule has 4 heteroatoms.